The summed E-state index contributed by atoms with van der Waals surface area (Å²) in [5.41, 5.74) is 1.58. The van der Waals surface area contributed by atoms with Crippen LogP contribution in [0.15, 0.2) is 48.5 Å². The van der Waals surface area contributed by atoms with Gasteiger partial charge >= 0.3 is 0 Å². The predicted molar refractivity (Wildman–Crippen MR) is 129 cm³/mol. The number of carbonyl (C=O) groups excluding carboxylic acids is 1. The van der Waals surface area contributed by atoms with Crippen LogP contribution < -0.4 is 14.8 Å². The number of hydrogen-bond acceptors (Lipinski definition) is 6. The van der Waals surface area contributed by atoms with Crippen LogP contribution >= 0.6 is 23.2 Å². The number of nitro benzene ring substituents is 1. The molecule has 0 aliphatic rings. The monoisotopic (exact) mass is 499 g/mol. The molecule has 8 nitrogen and oxygen atoms in total. The summed E-state index contributed by atoms with van der Waals surface area (Å²) in [4.78, 5) is 23.8. The highest BCUT2D eigenvalue weighted by Gasteiger charge is 2.26. The van der Waals surface area contributed by atoms with E-state index in [1.165, 1.54) is 26.4 Å². The zero-order valence-corrected chi connectivity index (χ0v) is 19.9. The maximum Gasteiger partial charge on any atom is 0.286 e. The van der Waals surface area contributed by atoms with E-state index in [4.69, 9.17) is 32.7 Å². The van der Waals surface area contributed by atoms with Crippen molar-refractivity contribution in [2.24, 2.45) is 0 Å². The second-order valence-electron chi connectivity index (χ2n) is 7.24. The van der Waals surface area contributed by atoms with Gasteiger partial charge in [-0.3, -0.25) is 14.9 Å². The Morgan fingerprint density at radius 3 is 2.26 bits per heavy atom. The molecule has 174 valence electrons. The van der Waals surface area contributed by atoms with Gasteiger partial charge in [0, 0.05) is 21.8 Å². The third-order valence-electron chi connectivity index (χ3n) is 5.18. The zero-order valence-electron chi connectivity index (χ0n) is 18.4. The average molecular weight is 500 g/mol. The first-order valence-electron chi connectivity index (χ1n) is 9.87. The number of nitro groups is 1. The lowest BCUT2D eigenvalue weighted by molar-refractivity contribution is -0.385. The molecule has 0 unspecified atom stereocenters. The Morgan fingerprint density at radius 1 is 1.09 bits per heavy atom. The summed E-state index contributed by atoms with van der Waals surface area (Å²) in [5.74, 6) is -1.09. The average Bonchev–Trinajstić information content (AvgIpc) is 2.82. The first kappa shape index (κ1) is 24.8. The number of amides is 1. The second kappa shape index (κ2) is 10.4. The van der Waals surface area contributed by atoms with Gasteiger partial charge in [-0.05, 0) is 41.8 Å². The SMILES string of the molecule is COc1cc(C(=O)Nc2cc(Cl)c([C@H](C#N)c3ccc(Cl)cc3)cc2C)c([N+](=O)[O-])cc1OC. The van der Waals surface area contributed by atoms with E-state index in [2.05, 4.69) is 11.4 Å². The molecule has 1 N–H and O–H groups in total. The molecule has 0 bridgehead atoms. The Hall–Kier alpha value is -3.80. The van der Waals surface area contributed by atoms with Crippen LogP contribution in [0.25, 0.3) is 0 Å². The number of nitrogens with one attached hydrogen (secondary N) is 1. The van der Waals surface area contributed by atoms with Crippen LogP contribution in [0, 0.1) is 28.4 Å². The van der Waals surface area contributed by atoms with Crippen molar-refractivity contribution >= 4 is 40.5 Å². The Balaban J connectivity index is 1.98. The third kappa shape index (κ3) is 5.06. The van der Waals surface area contributed by atoms with Crippen LogP contribution in [0.2, 0.25) is 10.0 Å². The fourth-order valence-corrected chi connectivity index (χ4v) is 3.83. The molecule has 3 rings (SSSR count). The van der Waals surface area contributed by atoms with Crippen molar-refractivity contribution < 1.29 is 19.2 Å². The molecule has 0 aliphatic carbocycles. The Labute approximate surface area is 205 Å². The number of aryl methyl sites for hydroxylation is 1. The van der Waals surface area contributed by atoms with Crippen molar-refractivity contribution in [2.45, 2.75) is 12.8 Å². The zero-order chi connectivity index (χ0) is 25.0. The van der Waals surface area contributed by atoms with Gasteiger partial charge < -0.3 is 14.8 Å². The molecule has 0 saturated carbocycles. The lowest BCUT2D eigenvalue weighted by Crippen LogP contribution is -2.15. The van der Waals surface area contributed by atoms with Gasteiger partial charge in [-0.2, -0.15) is 5.26 Å². The molecule has 3 aromatic carbocycles. The molecule has 0 fully saturated rings. The fourth-order valence-electron chi connectivity index (χ4n) is 3.43. The van der Waals surface area contributed by atoms with Crippen LogP contribution in [0.5, 0.6) is 11.5 Å². The van der Waals surface area contributed by atoms with Crippen molar-refractivity contribution in [1.82, 2.24) is 0 Å². The van der Waals surface area contributed by atoms with Crippen LogP contribution in [0.4, 0.5) is 11.4 Å². The maximum atomic E-state index is 13.0. The van der Waals surface area contributed by atoms with E-state index in [1.54, 1.807) is 37.3 Å². The first-order chi connectivity index (χ1) is 16.2. The molecule has 1 atom stereocenters. The number of halogens is 2. The Kier molecular flexibility index (Phi) is 7.61. The third-order valence-corrected chi connectivity index (χ3v) is 5.76. The molecule has 3 aromatic rings. The van der Waals surface area contributed by atoms with Gasteiger partial charge in [0.25, 0.3) is 11.6 Å². The van der Waals surface area contributed by atoms with Crippen molar-refractivity contribution in [3.8, 4) is 17.6 Å². The van der Waals surface area contributed by atoms with Crippen LogP contribution in [-0.4, -0.2) is 25.1 Å². The van der Waals surface area contributed by atoms with Gasteiger partial charge in [0.1, 0.15) is 5.56 Å². The van der Waals surface area contributed by atoms with Crippen LogP contribution in [-0.2, 0) is 0 Å². The maximum absolute atomic E-state index is 13.0. The summed E-state index contributed by atoms with van der Waals surface area (Å²) < 4.78 is 10.3. The van der Waals surface area contributed by atoms with Crippen molar-refractivity contribution in [2.75, 3.05) is 19.5 Å². The minimum atomic E-state index is -0.728. The number of nitrogens with zero attached hydrogens (tertiary/aromatic N) is 2. The number of methoxy groups -OCH3 is 2. The van der Waals surface area contributed by atoms with E-state index in [1.807, 2.05) is 0 Å². The molecule has 1 amide bonds. The molecule has 0 aromatic heterocycles. The smallest absolute Gasteiger partial charge is 0.286 e. The minimum absolute atomic E-state index is 0.124. The topological polar surface area (TPSA) is 114 Å². The highest BCUT2D eigenvalue weighted by molar-refractivity contribution is 6.32. The number of rotatable bonds is 7. The number of hydrogen-bond donors (Lipinski definition) is 1. The second-order valence-corrected chi connectivity index (χ2v) is 8.08. The molecule has 0 heterocycles. The lowest BCUT2D eigenvalue weighted by Gasteiger charge is -2.16. The van der Waals surface area contributed by atoms with Crippen molar-refractivity contribution in [3.63, 3.8) is 0 Å². The largest absolute Gasteiger partial charge is 0.493 e. The highest BCUT2D eigenvalue weighted by atomic mass is 35.5. The summed E-state index contributed by atoms with van der Waals surface area (Å²) >= 11 is 12.4. The molecule has 0 saturated heterocycles. The molecule has 10 heteroatoms. The van der Waals surface area contributed by atoms with E-state index >= 15 is 0 Å². The van der Waals surface area contributed by atoms with Gasteiger partial charge in [0.05, 0.1) is 37.2 Å². The molecule has 0 radical (unpaired) electrons. The summed E-state index contributed by atoms with van der Waals surface area (Å²) in [6.45, 7) is 1.73. The fraction of sp³-hybridized carbons (Fsp3) is 0.167. The number of carbonyl (C=O) groups is 1. The lowest BCUT2D eigenvalue weighted by atomic mass is 9.91. The number of anilines is 1. The molecule has 34 heavy (non-hydrogen) atoms. The highest BCUT2D eigenvalue weighted by Crippen LogP contribution is 2.37. The Morgan fingerprint density at radius 2 is 1.71 bits per heavy atom. The van der Waals surface area contributed by atoms with E-state index in [0.29, 0.717) is 27.4 Å². The minimum Gasteiger partial charge on any atom is -0.493 e. The normalized spacial score (nSPS) is 11.3. The molecular formula is C24H19Cl2N3O5. The van der Waals surface area contributed by atoms with E-state index in [9.17, 15) is 20.2 Å². The van der Waals surface area contributed by atoms with Gasteiger partial charge in [-0.1, -0.05) is 41.4 Å². The first-order valence-corrected chi connectivity index (χ1v) is 10.6. The van der Waals surface area contributed by atoms with Crippen LogP contribution in [0.3, 0.4) is 0 Å². The standard InChI is InChI=1S/C24H19Cl2N3O5/c1-13-8-16(18(12-27)14-4-6-15(25)7-5-14)19(26)10-20(13)28-24(30)17-9-22(33-2)23(34-3)11-21(17)29(31)32/h4-11,18H,1-3H3,(H,28,30)/t18-/m1/s1. The van der Waals surface area contributed by atoms with Gasteiger partial charge in [-0.25, -0.2) is 0 Å². The number of benzene rings is 3. The molecule has 0 spiro atoms. The quantitative estimate of drug-likeness (QED) is 0.308. The van der Waals surface area contributed by atoms with Crippen LogP contribution in [0.1, 0.15) is 33.0 Å². The molecular weight excluding hydrogens is 481 g/mol. The summed E-state index contributed by atoms with van der Waals surface area (Å²) in [7, 11) is 2.70. The summed E-state index contributed by atoms with van der Waals surface area (Å²) in [6.07, 6.45) is 0. The van der Waals surface area contributed by atoms with E-state index in [0.717, 1.165) is 6.07 Å². The van der Waals surface area contributed by atoms with E-state index < -0.39 is 22.4 Å². The van der Waals surface area contributed by atoms with Gasteiger partial charge in [0.2, 0.25) is 0 Å². The number of nitriles is 1. The molecule has 0 aliphatic heterocycles. The Bertz CT molecular complexity index is 1300. The van der Waals surface area contributed by atoms with E-state index in [-0.39, 0.29) is 22.1 Å². The van der Waals surface area contributed by atoms with Gasteiger partial charge in [-0.15, -0.1) is 0 Å². The number of ether oxygens (including phenoxy) is 2. The summed E-state index contributed by atoms with van der Waals surface area (Å²) in [5, 5.41) is 24.8. The van der Waals surface area contributed by atoms with Gasteiger partial charge in [0.15, 0.2) is 11.5 Å². The van der Waals surface area contributed by atoms with Crippen molar-refractivity contribution in [3.05, 3.63) is 90.9 Å². The van der Waals surface area contributed by atoms with Crippen molar-refractivity contribution in [1.29, 1.82) is 5.26 Å². The predicted octanol–water partition coefficient (Wildman–Crippen LogP) is 6.14. The summed E-state index contributed by atoms with van der Waals surface area (Å²) in [6, 6.07) is 14.7.